The monoisotopic (exact) mass is 424 g/mol. The van der Waals surface area contributed by atoms with Crippen LogP contribution in [0.15, 0.2) is 24.3 Å². The smallest absolute Gasteiger partial charge is 0.170 e. The molecular formula is C28H40O3. The number of benzene rings is 1. The average molecular weight is 425 g/mol. The maximum Gasteiger partial charge on any atom is 0.170 e. The Morgan fingerprint density at radius 2 is 1.68 bits per heavy atom. The average Bonchev–Trinajstić information content (AvgIpc) is 3.11. The number of Topliss-reactive ketones (excluding diaryl/α,β-unsaturated/α-hetero) is 1. The van der Waals surface area contributed by atoms with E-state index in [1.54, 1.807) is 7.11 Å². The van der Waals surface area contributed by atoms with Gasteiger partial charge in [0.1, 0.15) is 5.75 Å². The van der Waals surface area contributed by atoms with Crippen molar-refractivity contribution in [3.05, 3.63) is 29.8 Å². The van der Waals surface area contributed by atoms with Crippen LogP contribution in [0.25, 0.3) is 0 Å². The van der Waals surface area contributed by atoms with Gasteiger partial charge >= 0.3 is 0 Å². The molecule has 0 radical (unpaired) electrons. The summed E-state index contributed by atoms with van der Waals surface area (Å²) in [5.41, 5.74) is 0.781. The summed E-state index contributed by atoms with van der Waals surface area (Å²) in [6.07, 6.45) is 10.3. The van der Waals surface area contributed by atoms with Gasteiger partial charge in [-0.15, -0.1) is 0 Å². The van der Waals surface area contributed by atoms with Crippen molar-refractivity contribution in [3.8, 4) is 5.75 Å². The molecule has 4 saturated carbocycles. The van der Waals surface area contributed by atoms with E-state index in [2.05, 4.69) is 13.8 Å². The molecule has 1 N–H and O–H groups in total. The van der Waals surface area contributed by atoms with E-state index in [1.807, 2.05) is 31.2 Å². The molecule has 0 amide bonds. The highest BCUT2D eigenvalue weighted by atomic mass is 16.5. The molecule has 8 atom stereocenters. The second-order valence-corrected chi connectivity index (χ2v) is 12.1. The molecule has 0 bridgehead atoms. The van der Waals surface area contributed by atoms with Gasteiger partial charge in [-0.1, -0.05) is 26.0 Å². The summed E-state index contributed by atoms with van der Waals surface area (Å²) in [5, 5.41) is 10.7. The number of para-hydroxylation sites is 1. The van der Waals surface area contributed by atoms with Gasteiger partial charge in [0.05, 0.1) is 18.3 Å². The number of carbonyl (C=O) groups is 1. The van der Waals surface area contributed by atoms with Crippen LogP contribution < -0.4 is 4.74 Å². The number of aliphatic hydroxyl groups is 1. The van der Waals surface area contributed by atoms with Crippen LogP contribution in [0.3, 0.4) is 0 Å². The lowest BCUT2D eigenvalue weighted by Gasteiger charge is -2.61. The summed E-state index contributed by atoms with van der Waals surface area (Å²) >= 11 is 0. The molecule has 1 aromatic carbocycles. The maximum atomic E-state index is 13.7. The Morgan fingerprint density at radius 1 is 0.935 bits per heavy atom. The van der Waals surface area contributed by atoms with Crippen LogP contribution in [0.4, 0.5) is 0 Å². The molecule has 0 saturated heterocycles. The first kappa shape index (κ1) is 21.5. The number of rotatable bonds is 3. The van der Waals surface area contributed by atoms with Crippen LogP contribution in [-0.4, -0.2) is 23.6 Å². The van der Waals surface area contributed by atoms with Crippen molar-refractivity contribution < 1.29 is 14.6 Å². The fraction of sp³-hybridized carbons (Fsp3) is 0.750. The van der Waals surface area contributed by atoms with Crippen molar-refractivity contribution in [1.29, 1.82) is 0 Å². The SMILES string of the molecule is COc1ccccc1C(=O)[C@H]1CC[C@H]2[C@@H]3CC[C@@H]4C[C@](C)(O)CC[C@]4(C)[C@H]3CC[C@]12C. The third-order valence-corrected chi connectivity index (χ3v) is 10.6. The van der Waals surface area contributed by atoms with E-state index in [0.717, 1.165) is 42.4 Å². The predicted octanol–water partition coefficient (Wildman–Crippen LogP) is 6.29. The summed E-state index contributed by atoms with van der Waals surface area (Å²) < 4.78 is 5.53. The van der Waals surface area contributed by atoms with Gasteiger partial charge < -0.3 is 9.84 Å². The molecule has 0 aliphatic heterocycles. The van der Waals surface area contributed by atoms with Gasteiger partial charge in [0, 0.05) is 5.92 Å². The van der Waals surface area contributed by atoms with Crippen molar-refractivity contribution in [3.63, 3.8) is 0 Å². The van der Waals surface area contributed by atoms with Gasteiger partial charge in [-0.25, -0.2) is 0 Å². The second-order valence-electron chi connectivity index (χ2n) is 12.1. The summed E-state index contributed by atoms with van der Waals surface area (Å²) in [5.74, 6) is 3.97. The number of ether oxygens (including phenoxy) is 1. The van der Waals surface area contributed by atoms with Crippen LogP contribution in [-0.2, 0) is 0 Å². The quantitative estimate of drug-likeness (QED) is 0.580. The Kier molecular flexibility index (Phi) is 5.08. The highest BCUT2D eigenvalue weighted by Crippen LogP contribution is 2.68. The summed E-state index contributed by atoms with van der Waals surface area (Å²) in [6.45, 7) is 7.01. The van der Waals surface area contributed by atoms with Crippen LogP contribution in [0.5, 0.6) is 5.75 Å². The van der Waals surface area contributed by atoms with Gasteiger partial charge in [0.2, 0.25) is 0 Å². The third kappa shape index (κ3) is 3.21. The minimum atomic E-state index is -0.472. The van der Waals surface area contributed by atoms with Gasteiger partial charge in [-0.3, -0.25) is 4.79 Å². The lowest BCUT2D eigenvalue weighted by molar-refractivity contribution is -0.144. The van der Waals surface area contributed by atoms with Crippen molar-refractivity contribution in [2.45, 2.75) is 84.2 Å². The number of hydrogen-bond donors (Lipinski definition) is 1. The fourth-order valence-electron chi connectivity index (χ4n) is 8.90. The van der Waals surface area contributed by atoms with Gasteiger partial charge in [0.25, 0.3) is 0 Å². The molecular weight excluding hydrogens is 384 g/mol. The number of hydrogen-bond acceptors (Lipinski definition) is 3. The lowest BCUT2D eigenvalue weighted by Crippen LogP contribution is -2.55. The maximum absolute atomic E-state index is 13.7. The Hall–Kier alpha value is -1.35. The topological polar surface area (TPSA) is 46.5 Å². The molecule has 0 heterocycles. The Bertz CT molecular complexity index is 860. The van der Waals surface area contributed by atoms with Crippen molar-refractivity contribution in [2.24, 2.45) is 40.4 Å². The van der Waals surface area contributed by atoms with E-state index in [9.17, 15) is 9.90 Å². The zero-order chi connectivity index (χ0) is 22.0. The van der Waals surface area contributed by atoms with Crippen LogP contribution in [0, 0.1) is 40.4 Å². The zero-order valence-electron chi connectivity index (χ0n) is 19.8. The fourth-order valence-corrected chi connectivity index (χ4v) is 8.90. The predicted molar refractivity (Wildman–Crippen MR) is 123 cm³/mol. The molecule has 0 spiro atoms. The first-order valence-electron chi connectivity index (χ1n) is 12.6. The van der Waals surface area contributed by atoms with Crippen LogP contribution >= 0.6 is 0 Å². The van der Waals surface area contributed by atoms with E-state index < -0.39 is 5.60 Å². The minimum Gasteiger partial charge on any atom is -0.496 e. The highest BCUT2D eigenvalue weighted by Gasteiger charge is 2.61. The molecule has 4 aliphatic carbocycles. The molecule has 4 aliphatic rings. The van der Waals surface area contributed by atoms with Gasteiger partial charge in [-0.05, 0) is 111 Å². The summed E-state index contributed by atoms with van der Waals surface area (Å²) in [7, 11) is 1.66. The first-order valence-corrected chi connectivity index (χ1v) is 12.6. The van der Waals surface area contributed by atoms with E-state index in [1.165, 1.54) is 38.5 Å². The van der Waals surface area contributed by atoms with Crippen LogP contribution in [0.1, 0.15) is 88.9 Å². The van der Waals surface area contributed by atoms with E-state index in [0.29, 0.717) is 23.0 Å². The summed E-state index contributed by atoms with van der Waals surface area (Å²) in [6, 6.07) is 7.77. The van der Waals surface area contributed by atoms with E-state index >= 15 is 0 Å². The molecule has 31 heavy (non-hydrogen) atoms. The molecule has 170 valence electrons. The third-order valence-electron chi connectivity index (χ3n) is 10.6. The Balaban J connectivity index is 1.40. The highest BCUT2D eigenvalue weighted by molar-refractivity contribution is 6.01. The molecule has 4 fully saturated rings. The molecule has 3 nitrogen and oxygen atoms in total. The van der Waals surface area contributed by atoms with Crippen LogP contribution in [0.2, 0.25) is 0 Å². The Labute approximate surface area is 188 Å². The molecule has 3 heteroatoms. The van der Waals surface area contributed by atoms with E-state index in [4.69, 9.17) is 4.74 Å². The molecule has 1 aromatic rings. The van der Waals surface area contributed by atoms with Gasteiger partial charge in [-0.2, -0.15) is 0 Å². The molecule has 0 aromatic heterocycles. The standard InChI is InChI=1S/C28H40O3/c1-26(30)15-16-27(2)18(17-26)9-10-19-21-11-12-23(28(21,3)14-13-22(19)27)25(29)20-7-5-6-8-24(20)31-4/h5-8,18-19,21-23,30H,9-17H2,1-4H3/t18-,19+,21+,22+,23-,26-,27+,28+/m1/s1. The number of fused-ring (bicyclic) bond motifs is 5. The lowest BCUT2D eigenvalue weighted by atomic mass is 9.44. The van der Waals surface area contributed by atoms with Crippen molar-refractivity contribution in [1.82, 2.24) is 0 Å². The number of carbonyl (C=O) groups excluding carboxylic acids is 1. The Morgan fingerprint density at radius 3 is 2.45 bits per heavy atom. The van der Waals surface area contributed by atoms with Crippen molar-refractivity contribution in [2.75, 3.05) is 7.11 Å². The van der Waals surface area contributed by atoms with E-state index in [-0.39, 0.29) is 11.3 Å². The second kappa shape index (κ2) is 7.33. The molecule has 5 rings (SSSR count). The minimum absolute atomic E-state index is 0.114. The van der Waals surface area contributed by atoms with Gasteiger partial charge in [0.15, 0.2) is 5.78 Å². The molecule has 0 unspecified atom stereocenters. The zero-order valence-corrected chi connectivity index (χ0v) is 19.8. The van der Waals surface area contributed by atoms with Crippen molar-refractivity contribution >= 4 is 5.78 Å². The first-order chi connectivity index (χ1) is 14.7. The summed E-state index contributed by atoms with van der Waals surface area (Å²) in [4.78, 5) is 13.7. The largest absolute Gasteiger partial charge is 0.496 e. The number of ketones is 1. The normalized spacial score (nSPS) is 46.5. The number of methoxy groups -OCH3 is 1.